The molecule has 0 aromatic heterocycles. The van der Waals surface area contributed by atoms with Gasteiger partial charge in [-0.2, -0.15) is 0 Å². The van der Waals surface area contributed by atoms with Gasteiger partial charge in [0.15, 0.2) is 0 Å². The fraction of sp³-hybridized carbons (Fsp3) is 0.667. The Bertz CT molecular complexity index is 178. The summed E-state index contributed by atoms with van der Waals surface area (Å²) in [6, 6.07) is 0. The first-order valence-corrected chi connectivity index (χ1v) is 7.30. The first kappa shape index (κ1) is 33.1. The minimum atomic E-state index is 0. The molecule has 0 aliphatic carbocycles. The van der Waals surface area contributed by atoms with Crippen molar-refractivity contribution in [1.29, 1.82) is 0 Å². The number of aliphatic hydroxyl groups excluding tert-OH is 2. The minimum absolute atomic E-state index is 0. The van der Waals surface area contributed by atoms with Gasteiger partial charge in [-0.15, -0.1) is 0 Å². The summed E-state index contributed by atoms with van der Waals surface area (Å²) in [5.41, 5.74) is 7.04. The Kier molecular flexibility index (Phi) is 78.7. The van der Waals surface area contributed by atoms with Crippen LogP contribution in [0.2, 0.25) is 0 Å². The van der Waals surface area contributed by atoms with Crippen molar-refractivity contribution < 1.29 is 19.7 Å². The van der Waals surface area contributed by atoms with Crippen LogP contribution in [0.4, 0.5) is 0 Å². The van der Waals surface area contributed by atoms with Crippen LogP contribution >= 0.6 is 48.9 Å². The first-order chi connectivity index (χ1) is 9.66. The van der Waals surface area contributed by atoms with Crippen LogP contribution in [-0.4, -0.2) is 69.5 Å². The van der Waals surface area contributed by atoms with E-state index in [1.807, 2.05) is 0 Å². The summed E-state index contributed by atoms with van der Waals surface area (Å²) in [6.07, 6.45) is 4.45. The van der Waals surface area contributed by atoms with Crippen LogP contribution in [0.5, 0.6) is 0 Å². The molecular formula is C12H20O4S4Sn. The molecule has 4 nitrogen and oxygen atoms in total. The maximum atomic E-state index is 7.13. The summed E-state index contributed by atoms with van der Waals surface area (Å²) in [6.45, 7) is 5.65. The van der Waals surface area contributed by atoms with Crippen molar-refractivity contribution in [2.24, 2.45) is 0 Å². The van der Waals surface area contributed by atoms with E-state index in [0.717, 1.165) is 38.9 Å². The zero-order valence-corrected chi connectivity index (χ0v) is 18.2. The van der Waals surface area contributed by atoms with Crippen molar-refractivity contribution >= 4 is 95.0 Å². The molecule has 0 amide bonds. The van der Waals surface area contributed by atoms with Crippen LogP contribution in [0.25, 0.3) is 0 Å². The van der Waals surface area contributed by atoms with Gasteiger partial charge in [-0.3, -0.25) is 0 Å². The summed E-state index contributed by atoms with van der Waals surface area (Å²) in [5, 5.41) is 14.3. The predicted octanol–water partition coefficient (Wildman–Crippen LogP) is 3.65. The van der Waals surface area contributed by atoms with E-state index >= 15 is 0 Å². The second kappa shape index (κ2) is 50.0. The Morgan fingerprint density at radius 1 is 0.762 bits per heavy atom. The topological polar surface area (TPSA) is 58.9 Å². The monoisotopic (exact) mass is 476 g/mol. The Labute approximate surface area is 166 Å². The van der Waals surface area contributed by atoms with E-state index in [0.29, 0.717) is 0 Å². The van der Waals surface area contributed by atoms with Crippen molar-refractivity contribution in [3.8, 4) is 0 Å². The SMILES string of the molecule is CCCCO[C-]=S.CCCCO[C-]=S.O[C-]=S.O[C-]=S.[Sn+4]. The normalized spacial score (nSPS) is 6.57. The van der Waals surface area contributed by atoms with Crippen LogP contribution in [0, 0.1) is 0 Å². The molecule has 0 saturated carbocycles. The molecule has 0 radical (unpaired) electrons. The third-order valence-electron chi connectivity index (χ3n) is 1.32. The molecule has 0 aliphatic heterocycles. The number of unbranched alkanes of at least 4 members (excludes halogenated alkanes) is 2. The molecule has 120 valence electrons. The molecule has 0 saturated heterocycles. The van der Waals surface area contributed by atoms with E-state index in [1.165, 1.54) is 11.1 Å². The van der Waals surface area contributed by atoms with Gasteiger partial charge in [0.25, 0.3) is 0 Å². The smallest absolute Gasteiger partial charge is 0.694 e. The summed E-state index contributed by atoms with van der Waals surface area (Å²) < 4.78 is 9.28. The van der Waals surface area contributed by atoms with Gasteiger partial charge in [-0.05, 0) is 12.8 Å². The van der Waals surface area contributed by atoms with Crippen molar-refractivity contribution in [3.63, 3.8) is 0 Å². The number of rotatable bonds is 8. The van der Waals surface area contributed by atoms with Crippen molar-refractivity contribution in [3.05, 3.63) is 0 Å². The molecule has 0 unspecified atom stereocenters. The Morgan fingerprint density at radius 2 is 1.00 bits per heavy atom. The van der Waals surface area contributed by atoms with Gasteiger partial charge in [0.1, 0.15) is 0 Å². The van der Waals surface area contributed by atoms with Gasteiger partial charge in [0.05, 0.1) is 0 Å². The molecular weight excluding hydrogens is 455 g/mol. The van der Waals surface area contributed by atoms with E-state index < -0.39 is 0 Å². The van der Waals surface area contributed by atoms with Gasteiger partial charge >= 0.3 is 23.9 Å². The molecule has 0 aliphatic rings. The molecule has 0 aromatic rings. The maximum Gasteiger partial charge on any atom is 4.00 e. The van der Waals surface area contributed by atoms with E-state index in [2.05, 4.69) is 83.3 Å². The molecule has 0 fully saturated rings. The Hall–Kier alpha value is 0.359. The van der Waals surface area contributed by atoms with Crippen LogP contribution in [0.15, 0.2) is 0 Å². The maximum absolute atomic E-state index is 7.13. The molecule has 0 rings (SSSR count). The zero-order chi connectivity index (χ0) is 16.5. The summed E-state index contributed by atoms with van der Waals surface area (Å²) in [7, 11) is 0. The van der Waals surface area contributed by atoms with Crippen LogP contribution in [-0.2, 0) is 9.47 Å². The average molecular weight is 475 g/mol. The summed E-state index contributed by atoms with van der Waals surface area (Å²) in [4.78, 5) is 0. The fourth-order valence-corrected chi connectivity index (χ4v) is 0.683. The molecule has 0 heterocycles. The van der Waals surface area contributed by atoms with Crippen molar-refractivity contribution in [2.75, 3.05) is 13.2 Å². The Morgan fingerprint density at radius 3 is 1.14 bits per heavy atom. The quantitative estimate of drug-likeness (QED) is 0.239. The van der Waals surface area contributed by atoms with E-state index in [-0.39, 0.29) is 23.9 Å². The number of ether oxygens (including phenoxy) is 2. The van der Waals surface area contributed by atoms with Crippen molar-refractivity contribution in [1.82, 2.24) is 0 Å². The largest absolute Gasteiger partial charge is 4.00 e. The molecule has 0 bridgehead atoms. The van der Waals surface area contributed by atoms with Crippen molar-refractivity contribution in [2.45, 2.75) is 39.5 Å². The van der Waals surface area contributed by atoms with Gasteiger partial charge in [-0.1, -0.05) is 26.7 Å². The van der Waals surface area contributed by atoms with E-state index in [1.54, 1.807) is 0 Å². The molecule has 0 aromatic carbocycles. The minimum Gasteiger partial charge on any atom is -0.694 e. The molecule has 2 N–H and O–H groups in total. The average Bonchev–Trinajstić information content (AvgIpc) is 2.43. The molecule has 0 atom stereocenters. The van der Waals surface area contributed by atoms with Crippen LogP contribution < -0.4 is 0 Å². The van der Waals surface area contributed by atoms with Crippen LogP contribution in [0.1, 0.15) is 39.5 Å². The third-order valence-corrected chi connectivity index (χ3v) is 1.55. The summed E-state index contributed by atoms with van der Waals surface area (Å²) >= 11 is 16.0. The second-order valence-corrected chi connectivity index (χ2v) is 3.45. The van der Waals surface area contributed by atoms with E-state index in [9.17, 15) is 0 Å². The predicted molar refractivity (Wildman–Crippen MR) is 103 cm³/mol. The fourth-order valence-electron chi connectivity index (χ4n) is 0.516. The number of aliphatic hydroxyl groups is 2. The van der Waals surface area contributed by atoms with Crippen LogP contribution in [0.3, 0.4) is 0 Å². The third kappa shape index (κ3) is 98.2. The molecule has 9 heteroatoms. The van der Waals surface area contributed by atoms with Gasteiger partial charge in [0, 0.05) is 13.2 Å². The Balaban J connectivity index is -0.0000000576. The molecule has 0 spiro atoms. The van der Waals surface area contributed by atoms with E-state index in [4.69, 9.17) is 10.2 Å². The zero-order valence-electron chi connectivity index (χ0n) is 12.1. The van der Waals surface area contributed by atoms with Gasteiger partial charge < -0.3 is 68.6 Å². The first-order valence-electron chi connectivity index (χ1n) is 5.66. The number of hydrogen-bond donors (Lipinski definition) is 2. The standard InChI is InChI=1S/2C5H9OS.2CHOS.Sn/c2*1-2-3-4-6-5-7;2*2-1-3;/h2*2-4H2,1H3;2*(H,2,3);/q4*-1;+4. The number of thiocarbonyl (C=S) groups is 4. The number of hydrogen-bond acceptors (Lipinski definition) is 6. The second-order valence-electron chi connectivity index (χ2n) is 2.75. The van der Waals surface area contributed by atoms with Gasteiger partial charge in [0.2, 0.25) is 0 Å². The summed E-state index contributed by atoms with van der Waals surface area (Å²) in [5.74, 6) is 0. The van der Waals surface area contributed by atoms with Gasteiger partial charge in [-0.25, -0.2) is 22.2 Å². The molecule has 21 heavy (non-hydrogen) atoms.